The highest BCUT2D eigenvalue weighted by molar-refractivity contribution is 5.69. The average Bonchev–Trinajstić information content (AvgIpc) is 2.59. The zero-order valence-electron chi connectivity index (χ0n) is 10.5. The first-order valence-corrected chi connectivity index (χ1v) is 5.78. The predicted octanol–water partition coefficient (Wildman–Crippen LogP) is 2.77. The molecule has 0 fully saturated rings. The van der Waals surface area contributed by atoms with Gasteiger partial charge in [0.05, 0.1) is 0 Å². The maximum absolute atomic E-state index is 5.93. The fourth-order valence-electron chi connectivity index (χ4n) is 1.95. The molecule has 3 N–H and O–H groups in total. The molecule has 0 aliphatic carbocycles. The normalized spacial score (nSPS) is 10.5. The molecule has 1 heterocycles. The Morgan fingerprint density at radius 2 is 2.12 bits per heavy atom. The molecule has 0 atom stereocenters. The Labute approximate surface area is 101 Å². The summed E-state index contributed by atoms with van der Waals surface area (Å²) in [6.45, 7) is 6.91. The van der Waals surface area contributed by atoms with Crippen molar-refractivity contribution in [2.24, 2.45) is 0 Å². The van der Waals surface area contributed by atoms with Gasteiger partial charge in [0.25, 0.3) is 0 Å². The van der Waals surface area contributed by atoms with Crippen molar-refractivity contribution in [2.45, 2.75) is 20.8 Å². The molecule has 0 unspecified atom stereocenters. The van der Waals surface area contributed by atoms with Gasteiger partial charge in [0, 0.05) is 12.2 Å². The van der Waals surface area contributed by atoms with Crippen LogP contribution in [-0.2, 0) is 0 Å². The lowest BCUT2D eigenvalue weighted by Crippen LogP contribution is -2.17. The molecule has 2 rings (SSSR count). The fraction of sp³-hybridized carbons (Fsp3) is 0.308. The average molecular weight is 230 g/mol. The number of aryl methyl sites for hydroxylation is 2. The number of hydrogen-bond donors (Lipinski definition) is 2. The summed E-state index contributed by atoms with van der Waals surface area (Å²) in [6.07, 6.45) is 0. The van der Waals surface area contributed by atoms with Gasteiger partial charge in [0.2, 0.25) is 0 Å². The number of benzene rings is 1. The number of nitrogens with two attached hydrogens (primary N) is 1. The van der Waals surface area contributed by atoms with E-state index in [1.807, 2.05) is 13.0 Å². The summed E-state index contributed by atoms with van der Waals surface area (Å²) in [5.74, 6) is 2.25. The van der Waals surface area contributed by atoms with E-state index >= 15 is 0 Å². The summed E-state index contributed by atoms with van der Waals surface area (Å²) in [5.41, 5.74) is 8.28. The first-order chi connectivity index (χ1) is 8.11. The van der Waals surface area contributed by atoms with Crippen LogP contribution >= 0.6 is 0 Å². The first kappa shape index (κ1) is 11.5. The van der Waals surface area contributed by atoms with E-state index in [4.69, 9.17) is 5.73 Å². The van der Waals surface area contributed by atoms with Crippen LogP contribution in [0.1, 0.15) is 18.3 Å². The molecule has 90 valence electrons. The Bertz CT molecular complexity index is 516. The number of nitrogen functional groups attached to an aromatic ring is 1. The van der Waals surface area contributed by atoms with E-state index in [0.717, 1.165) is 23.9 Å². The molecule has 17 heavy (non-hydrogen) atoms. The Balaban J connectivity index is 2.43. The van der Waals surface area contributed by atoms with Gasteiger partial charge >= 0.3 is 0 Å². The number of anilines is 3. The third-order valence-corrected chi connectivity index (χ3v) is 2.72. The highest BCUT2D eigenvalue weighted by Gasteiger charge is 2.14. The van der Waals surface area contributed by atoms with Crippen molar-refractivity contribution in [3.05, 3.63) is 35.7 Å². The molecule has 1 aromatic heterocycles. The van der Waals surface area contributed by atoms with Crippen LogP contribution in [0, 0.1) is 13.8 Å². The number of aromatic amines is 1. The van der Waals surface area contributed by atoms with Gasteiger partial charge < -0.3 is 15.6 Å². The molecule has 1 aromatic carbocycles. The number of rotatable bonds is 3. The molecule has 2 aromatic rings. The third-order valence-electron chi connectivity index (χ3n) is 2.72. The van der Waals surface area contributed by atoms with Crippen LogP contribution in [0.5, 0.6) is 0 Å². The standard InChI is InChI=1S/C13H18N4/c1-4-17(11-7-5-6-9(2)8-11)13-12(14)15-10(3)16-13/h5-8H,4,14H2,1-3H3,(H,15,16). The maximum Gasteiger partial charge on any atom is 0.175 e. The minimum atomic E-state index is 0.617. The summed E-state index contributed by atoms with van der Waals surface area (Å²) in [6, 6.07) is 8.33. The molecule has 0 saturated heterocycles. The van der Waals surface area contributed by atoms with Crippen molar-refractivity contribution in [2.75, 3.05) is 17.2 Å². The van der Waals surface area contributed by atoms with Crippen LogP contribution in [0.2, 0.25) is 0 Å². The van der Waals surface area contributed by atoms with Crippen LogP contribution < -0.4 is 10.6 Å². The number of nitrogens with one attached hydrogen (secondary N) is 1. The molecule has 0 radical (unpaired) electrons. The summed E-state index contributed by atoms with van der Waals surface area (Å²) in [4.78, 5) is 9.57. The smallest absolute Gasteiger partial charge is 0.175 e. The second-order valence-electron chi connectivity index (χ2n) is 4.14. The van der Waals surface area contributed by atoms with E-state index in [-0.39, 0.29) is 0 Å². The minimum Gasteiger partial charge on any atom is -0.382 e. The highest BCUT2D eigenvalue weighted by atomic mass is 15.2. The van der Waals surface area contributed by atoms with Gasteiger partial charge in [-0.1, -0.05) is 12.1 Å². The predicted molar refractivity (Wildman–Crippen MR) is 71.6 cm³/mol. The van der Waals surface area contributed by atoms with Gasteiger partial charge in [-0.2, -0.15) is 0 Å². The molecule has 0 saturated carbocycles. The van der Waals surface area contributed by atoms with Crippen molar-refractivity contribution in [3.63, 3.8) is 0 Å². The molecule has 0 amide bonds. The van der Waals surface area contributed by atoms with Crippen LogP contribution in [0.4, 0.5) is 17.3 Å². The Kier molecular flexibility index (Phi) is 3.04. The molecule has 4 heteroatoms. The lowest BCUT2D eigenvalue weighted by molar-refractivity contribution is 0.993. The minimum absolute atomic E-state index is 0.617. The van der Waals surface area contributed by atoms with Crippen molar-refractivity contribution < 1.29 is 0 Å². The van der Waals surface area contributed by atoms with E-state index in [2.05, 4.69) is 46.9 Å². The highest BCUT2D eigenvalue weighted by Crippen LogP contribution is 2.28. The zero-order chi connectivity index (χ0) is 12.4. The second-order valence-corrected chi connectivity index (χ2v) is 4.14. The van der Waals surface area contributed by atoms with Crippen LogP contribution in [-0.4, -0.2) is 16.5 Å². The van der Waals surface area contributed by atoms with Crippen LogP contribution in [0.25, 0.3) is 0 Å². The topological polar surface area (TPSA) is 57.9 Å². The van der Waals surface area contributed by atoms with Crippen molar-refractivity contribution in [1.82, 2.24) is 9.97 Å². The number of hydrogen-bond acceptors (Lipinski definition) is 3. The van der Waals surface area contributed by atoms with Crippen molar-refractivity contribution in [3.8, 4) is 0 Å². The van der Waals surface area contributed by atoms with E-state index in [1.165, 1.54) is 5.56 Å². The van der Waals surface area contributed by atoms with E-state index in [9.17, 15) is 0 Å². The van der Waals surface area contributed by atoms with Gasteiger partial charge in [0.15, 0.2) is 5.82 Å². The second kappa shape index (κ2) is 4.49. The number of nitrogens with zero attached hydrogens (tertiary/aromatic N) is 2. The van der Waals surface area contributed by atoms with E-state index < -0.39 is 0 Å². The van der Waals surface area contributed by atoms with Gasteiger partial charge in [-0.3, -0.25) is 0 Å². The fourth-order valence-corrected chi connectivity index (χ4v) is 1.95. The number of aromatic nitrogens is 2. The van der Waals surface area contributed by atoms with Gasteiger partial charge in [0.1, 0.15) is 11.6 Å². The SMILES string of the molecule is CCN(c1cccc(C)c1)c1nc(C)[nH]c1N. The van der Waals surface area contributed by atoms with Gasteiger partial charge in [-0.05, 0) is 38.5 Å². The monoisotopic (exact) mass is 230 g/mol. The Hall–Kier alpha value is -1.97. The molecule has 0 bridgehead atoms. The quantitative estimate of drug-likeness (QED) is 0.852. The largest absolute Gasteiger partial charge is 0.382 e. The van der Waals surface area contributed by atoms with Crippen LogP contribution in [0.15, 0.2) is 24.3 Å². The summed E-state index contributed by atoms with van der Waals surface area (Å²) in [5, 5.41) is 0. The summed E-state index contributed by atoms with van der Waals surface area (Å²) < 4.78 is 0. The molecular weight excluding hydrogens is 212 g/mol. The molecule has 0 aliphatic heterocycles. The van der Waals surface area contributed by atoms with E-state index in [0.29, 0.717) is 5.82 Å². The van der Waals surface area contributed by atoms with Crippen LogP contribution in [0.3, 0.4) is 0 Å². The number of imidazole rings is 1. The molecule has 0 spiro atoms. The lowest BCUT2D eigenvalue weighted by atomic mass is 10.2. The van der Waals surface area contributed by atoms with Gasteiger partial charge in [-0.15, -0.1) is 0 Å². The van der Waals surface area contributed by atoms with E-state index in [1.54, 1.807) is 0 Å². The molecule has 0 aliphatic rings. The third kappa shape index (κ3) is 2.25. The summed E-state index contributed by atoms with van der Waals surface area (Å²) >= 11 is 0. The molecular formula is C13H18N4. The summed E-state index contributed by atoms with van der Waals surface area (Å²) in [7, 11) is 0. The first-order valence-electron chi connectivity index (χ1n) is 5.78. The maximum atomic E-state index is 5.93. The van der Waals surface area contributed by atoms with Crippen molar-refractivity contribution in [1.29, 1.82) is 0 Å². The van der Waals surface area contributed by atoms with Crippen molar-refractivity contribution >= 4 is 17.3 Å². The number of H-pyrrole nitrogens is 1. The lowest BCUT2D eigenvalue weighted by Gasteiger charge is -2.21. The zero-order valence-corrected chi connectivity index (χ0v) is 10.5. The van der Waals surface area contributed by atoms with Gasteiger partial charge in [-0.25, -0.2) is 4.98 Å². The Morgan fingerprint density at radius 3 is 2.65 bits per heavy atom. The molecule has 4 nitrogen and oxygen atoms in total. The Morgan fingerprint density at radius 1 is 1.35 bits per heavy atom.